The second kappa shape index (κ2) is 11.3. The van der Waals surface area contributed by atoms with Crippen LogP contribution in [0.25, 0.3) is 6.08 Å². The van der Waals surface area contributed by atoms with E-state index in [2.05, 4.69) is 71.4 Å². The molecule has 33 heavy (non-hydrogen) atoms. The molecule has 0 aliphatic carbocycles. The largest absolute Gasteiger partial charge is 0.487 e. The van der Waals surface area contributed by atoms with Crippen molar-refractivity contribution in [1.29, 1.82) is 0 Å². The van der Waals surface area contributed by atoms with Gasteiger partial charge in [-0.2, -0.15) is 0 Å². The van der Waals surface area contributed by atoms with Gasteiger partial charge in [0.05, 0.1) is 27.8 Å². The van der Waals surface area contributed by atoms with Gasteiger partial charge in [0.1, 0.15) is 12.4 Å². The fourth-order valence-electron chi connectivity index (χ4n) is 2.86. The summed E-state index contributed by atoms with van der Waals surface area (Å²) >= 11 is 21.5. The number of amides is 1. The van der Waals surface area contributed by atoms with Crippen LogP contribution in [0.5, 0.6) is 5.75 Å². The van der Waals surface area contributed by atoms with Crippen LogP contribution in [-0.4, -0.2) is 11.1 Å². The van der Waals surface area contributed by atoms with Crippen LogP contribution in [0.1, 0.15) is 11.1 Å². The molecular formula is C23H13BrCl2I2N2O2S. The number of amidine groups is 1. The highest BCUT2D eigenvalue weighted by atomic mass is 127. The molecule has 1 heterocycles. The van der Waals surface area contributed by atoms with Gasteiger partial charge in [0.25, 0.3) is 5.91 Å². The van der Waals surface area contributed by atoms with Crippen molar-refractivity contribution in [3.8, 4) is 5.75 Å². The molecule has 4 nitrogen and oxygen atoms in total. The summed E-state index contributed by atoms with van der Waals surface area (Å²) in [5.41, 5.74) is 2.49. The number of ether oxygens (including phenoxy) is 1. The lowest BCUT2D eigenvalue weighted by atomic mass is 10.2. The summed E-state index contributed by atoms with van der Waals surface area (Å²) in [6.45, 7) is 0.476. The van der Waals surface area contributed by atoms with Gasteiger partial charge in [-0.1, -0.05) is 57.3 Å². The molecule has 1 N–H and O–H groups in total. The van der Waals surface area contributed by atoms with Crippen molar-refractivity contribution < 1.29 is 9.53 Å². The monoisotopic (exact) mass is 784 g/mol. The van der Waals surface area contributed by atoms with Gasteiger partial charge < -0.3 is 10.1 Å². The number of carbonyl (C=O) groups excluding carboxylic acids is 1. The van der Waals surface area contributed by atoms with Crippen molar-refractivity contribution in [3.05, 3.63) is 92.3 Å². The molecule has 0 bridgehead atoms. The van der Waals surface area contributed by atoms with Gasteiger partial charge >= 0.3 is 0 Å². The number of rotatable bonds is 5. The van der Waals surface area contributed by atoms with E-state index in [1.807, 2.05) is 42.5 Å². The molecule has 3 aromatic carbocycles. The Labute approximate surface area is 241 Å². The Kier molecular flexibility index (Phi) is 8.66. The van der Waals surface area contributed by atoms with Crippen molar-refractivity contribution in [1.82, 2.24) is 5.32 Å². The van der Waals surface area contributed by atoms with Gasteiger partial charge in [-0.15, -0.1) is 0 Å². The Morgan fingerprint density at radius 3 is 2.48 bits per heavy atom. The third-order valence-corrected chi connectivity index (χ3v) is 8.27. The maximum Gasteiger partial charge on any atom is 0.264 e. The summed E-state index contributed by atoms with van der Waals surface area (Å²) in [5.74, 6) is 0.611. The van der Waals surface area contributed by atoms with E-state index in [-0.39, 0.29) is 5.91 Å². The number of hydrogen-bond acceptors (Lipinski definition) is 4. The summed E-state index contributed by atoms with van der Waals surface area (Å²) in [6, 6.07) is 17.2. The number of nitrogens with one attached hydrogen (secondary N) is 1. The number of thioether (sulfide) groups is 1. The molecule has 1 aliphatic rings. The van der Waals surface area contributed by atoms with Crippen LogP contribution in [0, 0.1) is 7.14 Å². The van der Waals surface area contributed by atoms with Crippen molar-refractivity contribution in [2.24, 2.45) is 4.99 Å². The molecule has 1 saturated heterocycles. The van der Waals surface area contributed by atoms with Gasteiger partial charge in [0.15, 0.2) is 5.17 Å². The Morgan fingerprint density at radius 1 is 1.09 bits per heavy atom. The molecule has 0 saturated carbocycles. The topological polar surface area (TPSA) is 50.7 Å². The molecule has 0 aromatic heterocycles. The highest BCUT2D eigenvalue weighted by Gasteiger charge is 2.24. The van der Waals surface area contributed by atoms with Crippen LogP contribution >= 0.6 is 96.1 Å². The van der Waals surface area contributed by atoms with E-state index in [0.717, 1.165) is 28.5 Å². The fraction of sp³-hybridized carbons (Fsp3) is 0.0435. The van der Waals surface area contributed by atoms with E-state index >= 15 is 0 Å². The first-order valence-electron chi connectivity index (χ1n) is 9.40. The molecule has 0 unspecified atom stereocenters. The Bertz CT molecular complexity index is 1280. The molecular weight excluding hydrogens is 773 g/mol. The standard InChI is InChI=1S/C23H13BrCl2I2N2O2S/c24-14-6-4-12(5-7-14)11-32-21-16(27)8-13(9-17(21)28)10-19-22(31)30-23(33-19)29-18-3-1-2-15(25)20(18)26/h1-10H,11H2,(H,29,30,31)/b19-10+. The molecule has 10 heteroatoms. The third kappa shape index (κ3) is 6.46. The molecule has 3 aromatic rings. The minimum absolute atomic E-state index is 0.211. The minimum Gasteiger partial charge on any atom is -0.487 e. The van der Waals surface area contributed by atoms with Gasteiger partial charge in [-0.3, -0.25) is 4.79 Å². The predicted octanol–water partition coefficient (Wildman–Crippen LogP) is 8.44. The first-order chi connectivity index (χ1) is 15.8. The maximum absolute atomic E-state index is 12.5. The minimum atomic E-state index is -0.211. The van der Waals surface area contributed by atoms with Gasteiger partial charge in [-0.05, 0) is 111 Å². The first kappa shape index (κ1) is 25.3. The third-order valence-electron chi connectivity index (χ3n) is 4.42. The summed E-state index contributed by atoms with van der Waals surface area (Å²) in [6.07, 6.45) is 1.84. The normalized spacial score (nSPS) is 15.8. The van der Waals surface area contributed by atoms with E-state index in [9.17, 15) is 4.79 Å². The molecule has 168 valence electrons. The van der Waals surface area contributed by atoms with E-state index in [1.54, 1.807) is 18.2 Å². The van der Waals surface area contributed by atoms with Crippen LogP contribution in [-0.2, 0) is 11.4 Å². The quantitative estimate of drug-likeness (QED) is 0.209. The molecule has 0 radical (unpaired) electrons. The van der Waals surface area contributed by atoms with Crippen molar-refractivity contribution in [3.63, 3.8) is 0 Å². The van der Waals surface area contributed by atoms with E-state index in [4.69, 9.17) is 27.9 Å². The van der Waals surface area contributed by atoms with Crippen LogP contribution in [0.4, 0.5) is 5.69 Å². The molecule has 0 atom stereocenters. The second-order valence-corrected chi connectivity index (χ2v) is 11.8. The number of carbonyl (C=O) groups is 1. The van der Waals surface area contributed by atoms with Crippen molar-refractivity contribution in [2.75, 3.05) is 0 Å². The first-order valence-corrected chi connectivity index (χ1v) is 13.9. The Hall–Kier alpha value is -0.790. The zero-order valence-electron chi connectivity index (χ0n) is 16.5. The highest BCUT2D eigenvalue weighted by Crippen LogP contribution is 2.36. The molecule has 1 amide bonds. The number of aliphatic imine (C=N–C) groups is 1. The maximum atomic E-state index is 12.5. The molecule has 1 fully saturated rings. The molecule has 4 rings (SSSR count). The Morgan fingerprint density at radius 2 is 1.79 bits per heavy atom. The lowest BCUT2D eigenvalue weighted by Gasteiger charge is -2.12. The van der Waals surface area contributed by atoms with Crippen LogP contribution in [0.2, 0.25) is 10.0 Å². The molecule has 0 spiro atoms. The van der Waals surface area contributed by atoms with Crippen molar-refractivity contribution in [2.45, 2.75) is 6.61 Å². The smallest absolute Gasteiger partial charge is 0.264 e. The zero-order valence-corrected chi connectivity index (χ0v) is 24.8. The number of hydrogen-bond donors (Lipinski definition) is 1. The fourth-order valence-corrected chi connectivity index (χ4v) is 6.42. The van der Waals surface area contributed by atoms with Gasteiger partial charge in [0, 0.05) is 4.47 Å². The van der Waals surface area contributed by atoms with Crippen LogP contribution in [0.15, 0.2) is 69.0 Å². The average Bonchev–Trinajstić information content (AvgIpc) is 3.10. The average molecular weight is 786 g/mol. The number of halogens is 5. The van der Waals surface area contributed by atoms with E-state index in [0.29, 0.717) is 32.4 Å². The van der Waals surface area contributed by atoms with Gasteiger partial charge in [0.2, 0.25) is 0 Å². The summed E-state index contributed by atoms with van der Waals surface area (Å²) in [4.78, 5) is 17.5. The van der Waals surface area contributed by atoms with E-state index in [1.165, 1.54) is 11.8 Å². The predicted molar refractivity (Wildman–Crippen MR) is 158 cm³/mol. The van der Waals surface area contributed by atoms with Gasteiger partial charge in [-0.25, -0.2) is 4.99 Å². The van der Waals surface area contributed by atoms with Crippen molar-refractivity contribution >= 4 is 119 Å². The lowest BCUT2D eigenvalue weighted by Crippen LogP contribution is -2.19. The second-order valence-electron chi connectivity index (χ2n) is 6.78. The number of benzene rings is 3. The molecule has 1 aliphatic heterocycles. The summed E-state index contributed by atoms with van der Waals surface area (Å²) < 4.78 is 9.03. The zero-order chi connectivity index (χ0) is 23.5. The SMILES string of the molecule is O=C1NC(=Nc2cccc(Cl)c2Cl)S/C1=C/c1cc(I)c(OCc2ccc(Br)cc2)c(I)c1. The van der Waals surface area contributed by atoms with E-state index < -0.39 is 0 Å². The summed E-state index contributed by atoms with van der Waals surface area (Å²) in [7, 11) is 0. The Balaban J connectivity index is 1.51. The number of nitrogens with zero attached hydrogens (tertiary/aromatic N) is 1. The van der Waals surface area contributed by atoms with Crippen LogP contribution < -0.4 is 10.1 Å². The summed E-state index contributed by atoms with van der Waals surface area (Å²) in [5, 5.41) is 3.99. The highest BCUT2D eigenvalue weighted by molar-refractivity contribution is 14.1. The lowest BCUT2D eigenvalue weighted by molar-refractivity contribution is -0.115. The van der Waals surface area contributed by atoms with Crippen LogP contribution in [0.3, 0.4) is 0 Å².